The summed E-state index contributed by atoms with van der Waals surface area (Å²) in [5.74, 6) is 3.18. The SMILES string of the molecule is CCCCCCCCCCCCCCCCSC(C)OP(=O)(OC(C)SCCCCCCCCCCCCCCCC)C(C)SCCCCCCCCCCCCCCCC. The minimum absolute atomic E-state index is 0.111. The van der Waals surface area contributed by atoms with Crippen LogP contribution in [0, 0.1) is 0 Å². The van der Waals surface area contributed by atoms with Gasteiger partial charge in [-0.25, -0.2) is 0 Å². The second-order valence-corrected chi connectivity index (χ2v) is 25.8. The number of hydrogen-bond donors (Lipinski definition) is 0. The molecule has 7 heteroatoms. The Balaban J connectivity index is 4.45. The molecule has 0 aromatic rings. The van der Waals surface area contributed by atoms with E-state index in [0.29, 0.717) is 0 Å². The molecule has 0 bridgehead atoms. The van der Waals surface area contributed by atoms with Crippen molar-refractivity contribution in [3.63, 3.8) is 0 Å². The molecule has 0 N–H and O–H groups in total. The molecule has 0 aliphatic heterocycles. The molecule has 0 heterocycles. The van der Waals surface area contributed by atoms with E-state index in [9.17, 15) is 4.57 Å². The van der Waals surface area contributed by atoms with Crippen molar-refractivity contribution in [2.45, 2.75) is 327 Å². The molecule has 61 heavy (non-hydrogen) atoms. The van der Waals surface area contributed by atoms with Crippen LogP contribution in [-0.2, 0) is 13.6 Å². The zero-order valence-electron chi connectivity index (χ0n) is 42.4. The summed E-state index contributed by atoms with van der Waals surface area (Å²) in [5, 5.41) is 0. The van der Waals surface area contributed by atoms with E-state index in [1.165, 1.54) is 270 Å². The molecule has 0 aliphatic rings. The molecule has 0 aliphatic carbocycles. The molecule has 0 aromatic carbocycles. The van der Waals surface area contributed by atoms with Crippen LogP contribution in [0.1, 0.15) is 311 Å². The third-order valence-electron chi connectivity index (χ3n) is 12.6. The number of unbranched alkanes of at least 4 members (excludes halogenated alkanes) is 39. The lowest BCUT2D eigenvalue weighted by molar-refractivity contribution is 0.193. The monoisotopic (exact) mass is 935 g/mol. The van der Waals surface area contributed by atoms with Gasteiger partial charge < -0.3 is 0 Å². The van der Waals surface area contributed by atoms with Crippen molar-refractivity contribution in [2.24, 2.45) is 0 Å². The lowest BCUT2D eigenvalue weighted by atomic mass is 10.0. The Labute approximate surface area is 398 Å². The van der Waals surface area contributed by atoms with E-state index in [1.54, 1.807) is 0 Å². The maximum absolute atomic E-state index is 14.5. The smallest absolute Gasteiger partial charge is 0.294 e. The van der Waals surface area contributed by atoms with Gasteiger partial charge >= 0.3 is 7.60 Å². The van der Waals surface area contributed by atoms with Crippen molar-refractivity contribution in [1.29, 1.82) is 0 Å². The zero-order valence-corrected chi connectivity index (χ0v) is 45.8. The number of thioether (sulfide) groups is 3. The zero-order chi connectivity index (χ0) is 44.6. The summed E-state index contributed by atoms with van der Waals surface area (Å²) < 4.78 is 27.5. The Morgan fingerprint density at radius 3 is 0.689 bits per heavy atom. The molecule has 368 valence electrons. The van der Waals surface area contributed by atoms with Crippen molar-refractivity contribution in [2.75, 3.05) is 17.3 Å². The van der Waals surface area contributed by atoms with Crippen LogP contribution < -0.4 is 0 Å². The predicted molar refractivity (Wildman–Crippen MR) is 286 cm³/mol. The predicted octanol–water partition coefficient (Wildman–Crippen LogP) is 21.9. The molecule has 3 nitrogen and oxygen atoms in total. The van der Waals surface area contributed by atoms with Gasteiger partial charge in [-0.15, -0.1) is 35.3 Å². The highest BCUT2D eigenvalue weighted by Crippen LogP contribution is 2.60. The van der Waals surface area contributed by atoms with Crippen molar-refractivity contribution < 1.29 is 13.6 Å². The normalized spacial score (nSPS) is 14.4. The van der Waals surface area contributed by atoms with Gasteiger partial charge in [0.1, 0.15) is 15.9 Å². The van der Waals surface area contributed by atoms with Gasteiger partial charge in [0.2, 0.25) is 0 Å². The van der Waals surface area contributed by atoms with E-state index in [-0.39, 0.29) is 15.9 Å². The van der Waals surface area contributed by atoms with Gasteiger partial charge in [0, 0.05) is 0 Å². The third-order valence-corrected chi connectivity index (χ3v) is 19.4. The van der Waals surface area contributed by atoms with Crippen LogP contribution in [0.4, 0.5) is 0 Å². The van der Waals surface area contributed by atoms with Gasteiger partial charge in [-0.3, -0.25) is 13.6 Å². The Morgan fingerprint density at radius 2 is 0.475 bits per heavy atom. The maximum Gasteiger partial charge on any atom is 0.345 e. The highest BCUT2D eigenvalue weighted by atomic mass is 32.2. The first kappa shape index (κ1) is 62.2. The Kier molecular flexibility index (Phi) is 51.6. The molecule has 0 saturated heterocycles. The number of rotatable bonds is 53. The molecule has 0 spiro atoms. The summed E-state index contributed by atoms with van der Waals surface area (Å²) >= 11 is 5.48. The maximum atomic E-state index is 14.5. The molecule has 0 amide bonds. The molecule has 0 saturated carbocycles. The Morgan fingerprint density at radius 1 is 0.295 bits per heavy atom. The third kappa shape index (κ3) is 46.1. The summed E-state index contributed by atoms with van der Waals surface area (Å²) in [6.07, 6.45) is 58.1. The second kappa shape index (κ2) is 50.6. The van der Waals surface area contributed by atoms with Crippen LogP contribution in [0.25, 0.3) is 0 Å². The van der Waals surface area contributed by atoms with E-state index < -0.39 is 7.60 Å². The molecule has 3 atom stereocenters. The minimum atomic E-state index is -3.27. The molecule has 0 radical (unpaired) electrons. The van der Waals surface area contributed by atoms with Crippen molar-refractivity contribution in [3.8, 4) is 0 Å². The van der Waals surface area contributed by atoms with Crippen LogP contribution in [0.15, 0.2) is 0 Å². The van der Waals surface area contributed by atoms with E-state index in [0.717, 1.165) is 17.3 Å². The number of hydrogen-bond acceptors (Lipinski definition) is 6. The van der Waals surface area contributed by atoms with E-state index >= 15 is 0 Å². The van der Waals surface area contributed by atoms with E-state index in [1.807, 2.05) is 35.3 Å². The fourth-order valence-corrected chi connectivity index (χ4v) is 14.3. The highest BCUT2D eigenvalue weighted by molar-refractivity contribution is 8.05. The summed E-state index contributed by atoms with van der Waals surface area (Å²) in [4.78, 5) is -0.136. The molecule has 0 fully saturated rings. The Bertz CT molecular complexity index is 832. The summed E-state index contributed by atoms with van der Waals surface area (Å²) in [7, 11) is -3.27. The first-order valence-corrected chi connectivity index (χ1v) is 32.5. The van der Waals surface area contributed by atoms with E-state index in [2.05, 4.69) is 41.5 Å². The highest BCUT2D eigenvalue weighted by Gasteiger charge is 2.37. The molecular formula is C54H111O3PS3. The minimum Gasteiger partial charge on any atom is -0.294 e. The topological polar surface area (TPSA) is 35.5 Å². The van der Waals surface area contributed by atoms with Crippen LogP contribution in [-0.4, -0.2) is 33.1 Å². The fourth-order valence-electron chi connectivity index (χ4n) is 8.40. The fraction of sp³-hybridized carbons (Fsp3) is 1.00. The lowest BCUT2D eigenvalue weighted by Crippen LogP contribution is -2.15. The van der Waals surface area contributed by atoms with Crippen molar-refractivity contribution >= 4 is 42.9 Å². The van der Waals surface area contributed by atoms with Gasteiger partial charge in [-0.05, 0) is 57.3 Å². The quantitative estimate of drug-likeness (QED) is 0.0344. The summed E-state index contributed by atoms with van der Waals surface area (Å²) in [6, 6.07) is 0. The largest absolute Gasteiger partial charge is 0.345 e. The van der Waals surface area contributed by atoms with E-state index in [4.69, 9.17) is 9.05 Å². The average Bonchev–Trinajstić information content (AvgIpc) is 3.24. The van der Waals surface area contributed by atoms with Gasteiger partial charge in [-0.2, -0.15) is 0 Å². The van der Waals surface area contributed by atoms with Crippen LogP contribution in [0.3, 0.4) is 0 Å². The van der Waals surface area contributed by atoms with Crippen LogP contribution >= 0.6 is 42.9 Å². The molecule has 0 rings (SSSR count). The second-order valence-electron chi connectivity index (χ2n) is 18.9. The van der Waals surface area contributed by atoms with Gasteiger partial charge in [0.15, 0.2) is 0 Å². The molecular weight excluding hydrogens is 824 g/mol. The Hall–Kier alpha value is 1.20. The van der Waals surface area contributed by atoms with Crippen molar-refractivity contribution in [1.82, 2.24) is 0 Å². The molecule has 0 aromatic heterocycles. The van der Waals surface area contributed by atoms with Gasteiger partial charge in [0.25, 0.3) is 0 Å². The van der Waals surface area contributed by atoms with Crippen molar-refractivity contribution in [3.05, 3.63) is 0 Å². The lowest BCUT2D eigenvalue weighted by Gasteiger charge is -2.29. The van der Waals surface area contributed by atoms with Crippen LogP contribution in [0.5, 0.6) is 0 Å². The first-order chi connectivity index (χ1) is 29.9. The first-order valence-electron chi connectivity index (χ1n) is 27.7. The summed E-state index contributed by atoms with van der Waals surface area (Å²) in [5.41, 5.74) is -0.222. The van der Waals surface area contributed by atoms with Gasteiger partial charge in [0.05, 0.1) is 0 Å². The standard InChI is InChI=1S/C54H111O3PS3/c1-7-10-13-16-19-22-25-28-31-34-37-40-43-46-49-59-52(4)56-58(55,54(6)61-51-48-45-42-39-36-33-30-27-24-21-18-15-12-9-3)57-53(5)60-50-47-44-41-38-35-32-29-26-23-20-17-14-11-8-2/h52-54H,7-51H2,1-6H3. The van der Waals surface area contributed by atoms with Gasteiger partial charge in [-0.1, -0.05) is 271 Å². The molecule has 3 unspecified atom stereocenters. The summed E-state index contributed by atoms with van der Waals surface area (Å²) in [6.45, 7) is 13.2. The average molecular weight is 936 g/mol. The van der Waals surface area contributed by atoms with Crippen LogP contribution in [0.2, 0.25) is 0 Å².